The van der Waals surface area contributed by atoms with Gasteiger partial charge in [-0.25, -0.2) is 9.67 Å². The van der Waals surface area contributed by atoms with Gasteiger partial charge in [0.05, 0.1) is 5.69 Å². The number of carbonyl (C=O) groups is 1. The van der Waals surface area contributed by atoms with E-state index in [4.69, 9.17) is 16.7 Å². The van der Waals surface area contributed by atoms with E-state index >= 15 is 0 Å². The Kier molecular flexibility index (Phi) is 5.38. The molecule has 0 atom stereocenters. The predicted molar refractivity (Wildman–Crippen MR) is 88.9 cm³/mol. The van der Waals surface area contributed by atoms with Gasteiger partial charge in [0.2, 0.25) is 5.82 Å². The Balaban J connectivity index is 2.11. The molecule has 0 aliphatic heterocycles. The van der Waals surface area contributed by atoms with Crippen molar-refractivity contribution in [3.8, 4) is 5.69 Å². The summed E-state index contributed by atoms with van der Waals surface area (Å²) in [6, 6.07) is 7.15. The van der Waals surface area contributed by atoms with E-state index in [1.807, 2.05) is 26.0 Å². The largest absolute Gasteiger partial charge is 0.396 e. The number of aliphatic hydroxyl groups excluding tert-OH is 1. The minimum Gasteiger partial charge on any atom is -0.396 e. The minimum absolute atomic E-state index is 0.0887. The van der Waals surface area contributed by atoms with Gasteiger partial charge in [-0.1, -0.05) is 25.4 Å². The first-order valence-corrected chi connectivity index (χ1v) is 7.79. The number of aryl methyl sites for hydroxylation is 1. The van der Waals surface area contributed by atoms with Crippen LogP contribution in [0.25, 0.3) is 5.69 Å². The smallest absolute Gasteiger partial charge is 0.291 e. The molecule has 2 rings (SSSR count). The molecule has 124 valence electrons. The number of aromatic nitrogens is 3. The highest BCUT2D eigenvalue weighted by Crippen LogP contribution is 2.18. The van der Waals surface area contributed by atoms with Crippen molar-refractivity contribution in [3.63, 3.8) is 0 Å². The number of nitrogens with zero attached hydrogens (tertiary/aromatic N) is 3. The Morgan fingerprint density at radius 2 is 2.00 bits per heavy atom. The number of rotatable bonds is 6. The van der Waals surface area contributed by atoms with Crippen LogP contribution in [0.5, 0.6) is 0 Å². The molecule has 6 nitrogen and oxygen atoms in total. The summed E-state index contributed by atoms with van der Waals surface area (Å²) in [6.07, 6.45) is 0.610. The molecule has 0 fully saturated rings. The van der Waals surface area contributed by atoms with Crippen LogP contribution in [0.1, 0.15) is 36.7 Å². The van der Waals surface area contributed by atoms with Gasteiger partial charge < -0.3 is 10.4 Å². The first kappa shape index (κ1) is 17.4. The van der Waals surface area contributed by atoms with Crippen LogP contribution in [0.15, 0.2) is 24.3 Å². The summed E-state index contributed by atoms with van der Waals surface area (Å²) in [5.41, 5.74) is 0.608. The third kappa shape index (κ3) is 4.53. The number of amides is 1. The van der Waals surface area contributed by atoms with Crippen LogP contribution in [-0.4, -0.2) is 38.9 Å². The van der Waals surface area contributed by atoms with Crippen LogP contribution in [-0.2, 0) is 0 Å². The van der Waals surface area contributed by atoms with Gasteiger partial charge in [0.25, 0.3) is 5.91 Å². The summed E-state index contributed by atoms with van der Waals surface area (Å²) in [5.74, 6) is 0.413. The zero-order valence-corrected chi connectivity index (χ0v) is 14.3. The summed E-state index contributed by atoms with van der Waals surface area (Å²) in [6.45, 7) is 6.28. The lowest BCUT2D eigenvalue weighted by Crippen LogP contribution is -2.35. The molecule has 0 saturated carbocycles. The maximum Gasteiger partial charge on any atom is 0.291 e. The molecule has 1 heterocycles. The quantitative estimate of drug-likeness (QED) is 0.848. The molecule has 0 aliphatic carbocycles. The Bertz CT molecular complexity index is 680. The topological polar surface area (TPSA) is 80.0 Å². The first-order chi connectivity index (χ1) is 10.8. The second kappa shape index (κ2) is 7.10. The van der Waals surface area contributed by atoms with Crippen molar-refractivity contribution >= 4 is 17.5 Å². The van der Waals surface area contributed by atoms with Gasteiger partial charge >= 0.3 is 0 Å². The van der Waals surface area contributed by atoms with E-state index in [2.05, 4.69) is 15.4 Å². The molecule has 0 unspecified atom stereocenters. The standard InChI is InChI=1S/C16H21ClN4O2/c1-11-19-14(15(23)18-10-16(2,3)8-9-22)20-21(11)13-6-4-12(17)5-7-13/h4-7,22H,8-10H2,1-3H3,(H,18,23). The first-order valence-electron chi connectivity index (χ1n) is 7.41. The van der Waals surface area contributed by atoms with Crippen molar-refractivity contribution in [2.24, 2.45) is 5.41 Å². The third-order valence-electron chi connectivity index (χ3n) is 3.56. The molecule has 7 heteroatoms. The zero-order valence-electron chi connectivity index (χ0n) is 13.5. The number of nitrogens with one attached hydrogen (secondary N) is 1. The van der Waals surface area contributed by atoms with Gasteiger partial charge in [-0.15, -0.1) is 5.10 Å². The molecule has 0 aliphatic rings. The van der Waals surface area contributed by atoms with Crippen molar-refractivity contribution in [3.05, 3.63) is 40.9 Å². The van der Waals surface area contributed by atoms with Gasteiger partial charge in [0, 0.05) is 18.2 Å². The summed E-state index contributed by atoms with van der Waals surface area (Å²) >= 11 is 5.88. The van der Waals surface area contributed by atoms with Gasteiger partial charge in [-0.05, 0) is 43.0 Å². The van der Waals surface area contributed by atoms with E-state index in [0.717, 1.165) is 5.69 Å². The van der Waals surface area contributed by atoms with Crippen LogP contribution < -0.4 is 5.32 Å². The Morgan fingerprint density at radius 1 is 1.35 bits per heavy atom. The van der Waals surface area contributed by atoms with Crippen molar-refractivity contribution in [1.82, 2.24) is 20.1 Å². The molecular formula is C16H21ClN4O2. The fourth-order valence-corrected chi connectivity index (χ4v) is 2.23. The van der Waals surface area contributed by atoms with Crippen molar-refractivity contribution in [2.45, 2.75) is 27.2 Å². The molecule has 2 aromatic rings. The lowest BCUT2D eigenvalue weighted by molar-refractivity contribution is 0.0918. The second-order valence-electron chi connectivity index (χ2n) is 6.19. The lowest BCUT2D eigenvalue weighted by Gasteiger charge is -2.23. The molecular weight excluding hydrogens is 316 g/mol. The number of benzene rings is 1. The summed E-state index contributed by atoms with van der Waals surface area (Å²) in [5, 5.41) is 16.7. The summed E-state index contributed by atoms with van der Waals surface area (Å²) < 4.78 is 1.60. The number of carbonyl (C=O) groups excluding carboxylic acids is 1. The third-order valence-corrected chi connectivity index (χ3v) is 3.81. The maximum absolute atomic E-state index is 12.2. The van der Waals surface area contributed by atoms with Gasteiger partial charge in [-0.3, -0.25) is 4.79 Å². The van der Waals surface area contributed by atoms with E-state index in [-0.39, 0.29) is 23.8 Å². The van der Waals surface area contributed by atoms with Crippen molar-refractivity contribution in [2.75, 3.05) is 13.2 Å². The predicted octanol–water partition coefficient (Wildman–Crippen LogP) is 2.37. The van der Waals surface area contributed by atoms with E-state index in [9.17, 15) is 4.79 Å². The van der Waals surface area contributed by atoms with Crippen LogP contribution in [0.3, 0.4) is 0 Å². The summed E-state index contributed by atoms with van der Waals surface area (Å²) in [7, 11) is 0. The van der Waals surface area contributed by atoms with E-state index in [0.29, 0.717) is 23.8 Å². The summed E-state index contributed by atoms with van der Waals surface area (Å²) in [4.78, 5) is 16.4. The SMILES string of the molecule is Cc1nc(C(=O)NCC(C)(C)CCO)nn1-c1ccc(Cl)cc1. The molecule has 0 spiro atoms. The lowest BCUT2D eigenvalue weighted by atomic mass is 9.90. The molecule has 0 bridgehead atoms. The monoisotopic (exact) mass is 336 g/mol. The van der Waals surface area contributed by atoms with Crippen LogP contribution in [0, 0.1) is 12.3 Å². The highest BCUT2D eigenvalue weighted by molar-refractivity contribution is 6.30. The fraction of sp³-hybridized carbons (Fsp3) is 0.438. The molecule has 1 aromatic carbocycles. The molecule has 23 heavy (non-hydrogen) atoms. The highest BCUT2D eigenvalue weighted by atomic mass is 35.5. The highest BCUT2D eigenvalue weighted by Gasteiger charge is 2.21. The van der Waals surface area contributed by atoms with E-state index in [1.165, 1.54) is 0 Å². The van der Waals surface area contributed by atoms with Crippen molar-refractivity contribution < 1.29 is 9.90 Å². The number of aliphatic hydroxyl groups is 1. The molecule has 1 amide bonds. The van der Waals surface area contributed by atoms with E-state index in [1.54, 1.807) is 23.7 Å². The number of halogens is 1. The maximum atomic E-state index is 12.2. The van der Waals surface area contributed by atoms with Crippen LogP contribution in [0.4, 0.5) is 0 Å². The Labute approximate surface area is 140 Å². The van der Waals surface area contributed by atoms with Gasteiger partial charge in [-0.2, -0.15) is 0 Å². The molecule has 2 N–H and O–H groups in total. The van der Waals surface area contributed by atoms with Crippen LogP contribution >= 0.6 is 11.6 Å². The average molecular weight is 337 g/mol. The molecule has 1 aromatic heterocycles. The van der Waals surface area contributed by atoms with Crippen LogP contribution in [0.2, 0.25) is 5.02 Å². The number of hydrogen-bond donors (Lipinski definition) is 2. The van der Waals surface area contributed by atoms with E-state index < -0.39 is 0 Å². The fourth-order valence-electron chi connectivity index (χ4n) is 2.10. The molecule has 0 radical (unpaired) electrons. The average Bonchev–Trinajstić information content (AvgIpc) is 2.88. The Hall–Kier alpha value is -1.92. The zero-order chi connectivity index (χ0) is 17.0. The molecule has 0 saturated heterocycles. The number of hydrogen-bond acceptors (Lipinski definition) is 4. The second-order valence-corrected chi connectivity index (χ2v) is 6.63. The Morgan fingerprint density at radius 3 is 2.61 bits per heavy atom. The minimum atomic E-state index is -0.327. The van der Waals surface area contributed by atoms with Gasteiger partial charge in [0.1, 0.15) is 5.82 Å². The van der Waals surface area contributed by atoms with Gasteiger partial charge in [0.15, 0.2) is 0 Å². The van der Waals surface area contributed by atoms with Crippen molar-refractivity contribution in [1.29, 1.82) is 0 Å². The normalized spacial score (nSPS) is 11.5.